The number of rotatable bonds is 4. The number of aromatic nitrogens is 1. The Morgan fingerprint density at radius 2 is 1.95 bits per heavy atom. The van der Waals surface area contributed by atoms with Crippen LogP contribution in [0.5, 0.6) is 0 Å². The van der Waals surface area contributed by atoms with Gasteiger partial charge in [0.1, 0.15) is 0 Å². The van der Waals surface area contributed by atoms with Gasteiger partial charge in [0.25, 0.3) is 0 Å². The molecule has 0 unspecified atom stereocenters. The van der Waals surface area contributed by atoms with Crippen LogP contribution in [0.2, 0.25) is 0 Å². The van der Waals surface area contributed by atoms with Gasteiger partial charge in [-0.05, 0) is 24.0 Å². The summed E-state index contributed by atoms with van der Waals surface area (Å²) in [6.07, 6.45) is 4.40. The van der Waals surface area contributed by atoms with E-state index in [9.17, 15) is 0 Å². The topological polar surface area (TPSA) is 37.3 Å². The molecule has 1 N–H and O–H groups in total. The zero-order chi connectivity index (χ0) is 14.2. The molecule has 0 saturated carbocycles. The molecule has 0 fully saturated rings. The normalized spacial score (nSPS) is 11.2. The predicted octanol–water partition coefficient (Wildman–Crippen LogP) is 3.27. The number of benzene rings is 1. The molecule has 5 heteroatoms. The van der Waals surface area contributed by atoms with Crippen molar-refractivity contribution in [2.75, 3.05) is 6.26 Å². The first-order valence-electron chi connectivity index (χ1n) is 6.15. The molecule has 1 aromatic carbocycles. The molecule has 0 atom stereocenters. The molecule has 0 amide bonds. The molecule has 0 bridgehead atoms. The molecule has 0 aliphatic carbocycles. The second-order valence-electron chi connectivity index (χ2n) is 4.04. The van der Waals surface area contributed by atoms with Crippen molar-refractivity contribution in [1.29, 1.82) is 0 Å². The van der Waals surface area contributed by atoms with Crippen LogP contribution < -0.4 is 5.43 Å². The first-order valence-corrected chi connectivity index (χ1v) is 7.78. The van der Waals surface area contributed by atoms with Crippen molar-refractivity contribution in [1.82, 2.24) is 10.4 Å². The molecule has 20 heavy (non-hydrogen) atoms. The van der Waals surface area contributed by atoms with E-state index in [1.165, 1.54) is 17.3 Å². The minimum atomic E-state index is 0.645. The van der Waals surface area contributed by atoms with Gasteiger partial charge in [-0.2, -0.15) is 5.10 Å². The summed E-state index contributed by atoms with van der Waals surface area (Å²) in [4.78, 5) is 4.36. The largest absolute Gasteiger partial charge is 0.262 e. The van der Waals surface area contributed by atoms with Crippen LogP contribution in [-0.2, 0) is 6.42 Å². The van der Waals surface area contributed by atoms with E-state index in [1.54, 1.807) is 6.20 Å². The summed E-state index contributed by atoms with van der Waals surface area (Å²) >= 11 is 6.57. The number of nitrogens with zero attached hydrogens (tertiary/aromatic N) is 2. The van der Waals surface area contributed by atoms with Gasteiger partial charge in [0.15, 0.2) is 4.32 Å². The van der Waals surface area contributed by atoms with E-state index in [1.807, 2.05) is 42.7 Å². The lowest BCUT2D eigenvalue weighted by Gasteiger charge is -2.07. The number of hydrogen-bond donors (Lipinski definition) is 1. The van der Waals surface area contributed by atoms with Crippen LogP contribution >= 0.6 is 24.0 Å². The highest BCUT2D eigenvalue weighted by molar-refractivity contribution is 8.22. The SMILES string of the molecule is CSC(=S)N/N=C(\Cc1ccccc1)c1ccccn1. The average molecular weight is 301 g/mol. The molecule has 0 aliphatic heterocycles. The Kier molecular flexibility index (Phi) is 5.70. The summed E-state index contributed by atoms with van der Waals surface area (Å²) in [5.41, 5.74) is 5.81. The van der Waals surface area contributed by atoms with Crippen molar-refractivity contribution < 1.29 is 0 Å². The summed E-state index contributed by atoms with van der Waals surface area (Å²) in [5, 5.41) is 4.40. The van der Waals surface area contributed by atoms with Gasteiger partial charge in [-0.15, -0.1) is 0 Å². The molecular weight excluding hydrogens is 286 g/mol. The van der Waals surface area contributed by atoms with Crippen molar-refractivity contribution in [2.24, 2.45) is 5.10 Å². The van der Waals surface area contributed by atoms with Crippen molar-refractivity contribution in [3.05, 3.63) is 66.0 Å². The predicted molar refractivity (Wildman–Crippen MR) is 90.2 cm³/mol. The summed E-state index contributed by atoms with van der Waals surface area (Å²) in [6, 6.07) is 16.0. The van der Waals surface area contributed by atoms with E-state index in [2.05, 4.69) is 27.6 Å². The lowest BCUT2D eigenvalue weighted by molar-refractivity contribution is 1.04. The molecule has 102 valence electrons. The first-order chi connectivity index (χ1) is 9.79. The summed E-state index contributed by atoms with van der Waals surface area (Å²) < 4.78 is 0.645. The maximum atomic E-state index is 5.11. The fraction of sp³-hybridized carbons (Fsp3) is 0.133. The Labute approximate surface area is 128 Å². The number of thiocarbonyl (C=S) groups is 1. The van der Waals surface area contributed by atoms with Gasteiger partial charge >= 0.3 is 0 Å². The molecular formula is C15H15N3S2. The van der Waals surface area contributed by atoms with Gasteiger partial charge in [0.05, 0.1) is 11.4 Å². The highest BCUT2D eigenvalue weighted by Crippen LogP contribution is 2.06. The van der Waals surface area contributed by atoms with Gasteiger partial charge < -0.3 is 0 Å². The Morgan fingerprint density at radius 1 is 1.20 bits per heavy atom. The van der Waals surface area contributed by atoms with Crippen molar-refractivity contribution >= 4 is 34.0 Å². The minimum absolute atomic E-state index is 0.645. The standard InChI is InChI=1S/C15H15N3S2/c1-20-15(19)18-17-14(13-9-5-6-10-16-13)11-12-7-3-2-4-8-12/h2-10H,11H2,1H3,(H,18,19)/b17-14+. The Bertz CT molecular complexity index is 583. The number of hydrazone groups is 1. The van der Waals surface area contributed by atoms with Crippen LogP contribution in [0, 0.1) is 0 Å². The van der Waals surface area contributed by atoms with E-state index in [-0.39, 0.29) is 0 Å². The third-order valence-electron chi connectivity index (χ3n) is 2.64. The van der Waals surface area contributed by atoms with Crippen molar-refractivity contribution in [2.45, 2.75) is 6.42 Å². The molecule has 0 radical (unpaired) electrons. The van der Waals surface area contributed by atoms with Gasteiger partial charge in [-0.1, -0.05) is 60.4 Å². The van der Waals surface area contributed by atoms with Gasteiger partial charge in [0, 0.05) is 12.6 Å². The highest BCUT2D eigenvalue weighted by atomic mass is 32.2. The van der Waals surface area contributed by atoms with Crippen LogP contribution in [0.4, 0.5) is 0 Å². The Balaban J connectivity index is 2.23. The van der Waals surface area contributed by atoms with Gasteiger partial charge in [0.2, 0.25) is 0 Å². The second-order valence-corrected chi connectivity index (χ2v) is 5.52. The van der Waals surface area contributed by atoms with E-state index in [0.717, 1.165) is 11.4 Å². The maximum absolute atomic E-state index is 5.11. The number of nitrogens with one attached hydrogen (secondary N) is 1. The van der Waals surface area contributed by atoms with Crippen LogP contribution in [-0.4, -0.2) is 21.3 Å². The Morgan fingerprint density at radius 3 is 2.60 bits per heavy atom. The fourth-order valence-corrected chi connectivity index (χ4v) is 1.85. The molecule has 0 aliphatic rings. The zero-order valence-corrected chi connectivity index (χ0v) is 12.7. The van der Waals surface area contributed by atoms with Crippen LogP contribution in [0.25, 0.3) is 0 Å². The van der Waals surface area contributed by atoms with Crippen molar-refractivity contribution in [3.63, 3.8) is 0 Å². The maximum Gasteiger partial charge on any atom is 0.153 e. The molecule has 3 nitrogen and oxygen atoms in total. The zero-order valence-electron chi connectivity index (χ0n) is 11.1. The van der Waals surface area contributed by atoms with E-state index < -0.39 is 0 Å². The van der Waals surface area contributed by atoms with E-state index >= 15 is 0 Å². The van der Waals surface area contributed by atoms with Crippen LogP contribution in [0.3, 0.4) is 0 Å². The lowest BCUT2D eigenvalue weighted by Crippen LogP contribution is -2.17. The second kappa shape index (κ2) is 7.77. The van der Waals surface area contributed by atoms with Crippen LogP contribution in [0.1, 0.15) is 11.3 Å². The molecule has 0 saturated heterocycles. The van der Waals surface area contributed by atoms with Gasteiger partial charge in [-0.3, -0.25) is 10.4 Å². The first kappa shape index (κ1) is 14.7. The summed E-state index contributed by atoms with van der Waals surface area (Å²) in [7, 11) is 0. The average Bonchev–Trinajstić information content (AvgIpc) is 2.53. The molecule has 1 heterocycles. The monoisotopic (exact) mass is 301 g/mol. The smallest absolute Gasteiger partial charge is 0.153 e. The molecule has 1 aromatic heterocycles. The summed E-state index contributed by atoms with van der Waals surface area (Å²) in [5.74, 6) is 0. The van der Waals surface area contributed by atoms with E-state index in [0.29, 0.717) is 10.7 Å². The van der Waals surface area contributed by atoms with Crippen LogP contribution in [0.15, 0.2) is 59.8 Å². The molecule has 0 spiro atoms. The third-order valence-corrected chi connectivity index (χ3v) is 3.70. The molecule has 2 aromatic rings. The quantitative estimate of drug-likeness (QED) is 0.534. The number of hydrogen-bond acceptors (Lipinski definition) is 4. The van der Waals surface area contributed by atoms with Crippen molar-refractivity contribution in [3.8, 4) is 0 Å². The third kappa shape index (κ3) is 4.43. The molecule has 2 rings (SSSR count). The number of pyridine rings is 1. The number of thioether (sulfide) groups is 1. The highest BCUT2D eigenvalue weighted by Gasteiger charge is 2.06. The minimum Gasteiger partial charge on any atom is -0.262 e. The Hall–Kier alpha value is -1.72. The van der Waals surface area contributed by atoms with Gasteiger partial charge in [-0.25, -0.2) is 0 Å². The summed E-state index contributed by atoms with van der Waals surface area (Å²) in [6.45, 7) is 0. The van der Waals surface area contributed by atoms with E-state index in [4.69, 9.17) is 12.2 Å². The lowest BCUT2D eigenvalue weighted by atomic mass is 10.1. The fourth-order valence-electron chi connectivity index (χ4n) is 1.67.